The van der Waals surface area contributed by atoms with Crippen LogP contribution in [0.15, 0.2) is 48.5 Å². The van der Waals surface area contributed by atoms with Gasteiger partial charge in [-0.05, 0) is 42.5 Å². The summed E-state index contributed by atoms with van der Waals surface area (Å²) in [7, 11) is 1.49. The van der Waals surface area contributed by atoms with Gasteiger partial charge in [0.05, 0.1) is 30.4 Å². The lowest BCUT2D eigenvalue weighted by Crippen LogP contribution is -2.56. The van der Waals surface area contributed by atoms with Gasteiger partial charge in [-0.15, -0.1) is 0 Å². The standard InChI is InChI=1S/C32H41N5O7/c1-20(2)17-26(29(39)35-27(28(38)33-3)18-21-7-5-4-6-8-21)34-25(32(42)43)11-12-37-30(40)23-10-9-22(19-24(23)31(37)41)36-13-15-44-16-14-36/h4-10,19-20,25-27,34H,11-18H2,1-3H3,(H,33,38)(H,35,39)(H,42,43)/t25?,26-,27-/m0/s1. The van der Waals surface area contributed by atoms with Gasteiger partial charge in [-0.1, -0.05) is 44.2 Å². The molecule has 3 atom stereocenters. The van der Waals surface area contributed by atoms with Crippen molar-refractivity contribution in [1.29, 1.82) is 0 Å². The fourth-order valence-corrected chi connectivity index (χ4v) is 5.51. The Labute approximate surface area is 257 Å². The molecule has 0 saturated carbocycles. The zero-order chi connectivity index (χ0) is 31.8. The molecule has 2 aliphatic heterocycles. The number of amides is 4. The minimum atomic E-state index is -1.23. The first-order valence-electron chi connectivity index (χ1n) is 15.0. The van der Waals surface area contributed by atoms with Crippen molar-refractivity contribution in [2.24, 2.45) is 5.92 Å². The number of nitrogens with zero attached hydrogens (tertiary/aromatic N) is 2. The van der Waals surface area contributed by atoms with Crippen molar-refractivity contribution >= 4 is 35.3 Å². The molecule has 1 saturated heterocycles. The molecule has 4 N–H and O–H groups in total. The van der Waals surface area contributed by atoms with Crippen LogP contribution in [-0.2, 0) is 25.5 Å². The molecule has 2 aromatic carbocycles. The van der Waals surface area contributed by atoms with E-state index >= 15 is 0 Å². The highest BCUT2D eigenvalue weighted by Crippen LogP contribution is 2.28. The second-order valence-corrected chi connectivity index (χ2v) is 11.5. The van der Waals surface area contributed by atoms with Crippen LogP contribution in [0.4, 0.5) is 5.69 Å². The second-order valence-electron chi connectivity index (χ2n) is 11.5. The van der Waals surface area contributed by atoms with E-state index in [0.29, 0.717) is 32.7 Å². The second kappa shape index (κ2) is 14.9. The smallest absolute Gasteiger partial charge is 0.320 e. The van der Waals surface area contributed by atoms with Crippen LogP contribution in [0, 0.1) is 5.92 Å². The number of carboxylic acids is 1. The Hall–Kier alpha value is -4.29. The molecule has 2 heterocycles. The number of benzene rings is 2. The Balaban J connectivity index is 1.43. The summed E-state index contributed by atoms with van der Waals surface area (Å²) in [6, 6.07) is 11.4. The first-order valence-corrected chi connectivity index (χ1v) is 15.0. The van der Waals surface area contributed by atoms with Gasteiger partial charge < -0.3 is 25.4 Å². The maximum Gasteiger partial charge on any atom is 0.320 e. The Morgan fingerprint density at radius 2 is 1.59 bits per heavy atom. The number of rotatable bonds is 14. The van der Waals surface area contributed by atoms with Gasteiger partial charge in [-0.2, -0.15) is 0 Å². The van der Waals surface area contributed by atoms with E-state index in [1.54, 1.807) is 18.2 Å². The molecule has 44 heavy (non-hydrogen) atoms. The highest BCUT2D eigenvalue weighted by atomic mass is 16.5. The van der Waals surface area contributed by atoms with Crippen molar-refractivity contribution in [2.75, 3.05) is 44.8 Å². The van der Waals surface area contributed by atoms with Gasteiger partial charge in [0.1, 0.15) is 12.1 Å². The van der Waals surface area contributed by atoms with Gasteiger partial charge in [0.15, 0.2) is 0 Å². The summed E-state index contributed by atoms with van der Waals surface area (Å²) in [5.74, 6) is -3.03. The van der Waals surface area contributed by atoms with Crippen LogP contribution < -0.4 is 20.9 Å². The maximum absolute atomic E-state index is 13.5. The molecule has 0 radical (unpaired) electrons. The number of hydrogen-bond donors (Lipinski definition) is 4. The molecule has 0 bridgehead atoms. The molecule has 4 rings (SSSR count). The third-order valence-electron chi connectivity index (χ3n) is 7.86. The van der Waals surface area contributed by atoms with Crippen LogP contribution >= 0.6 is 0 Å². The Bertz CT molecular complexity index is 1360. The van der Waals surface area contributed by atoms with E-state index < -0.39 is 41.8 Å². The molecule has 4 amide bonds. The summed E-state index contributed by atoms with van der Waals surface area (Å²) in [5, 5.41) is 18.3. The highest BCUT2D eigenvalue weighted by Gasteiger charge is 2.37. The molecule has 236 valence electrons. The maximum atomic E-state index is 13.5. The number of anilines is 1. The van der Waals surface area contributed by atoms with E-state index in [-0.39, 0.29) is 42.3 Å². The van der Waals surface area contributed by atoms with Crippen molar-refractivity contribution in [1.82, 2.24) is 20.9 Å². The fraction of sp³-hybridized carbons (Fsp3) is 0.469. The van der Waals surface area contributed by atoms with Gasteiger partial charge in [-0.25, -0.2) is 0 Å². The van der Waals surface area contributed by atoms with Crippen LogP contribution in [-0.4, -0.2) is 97.6 Å². The van der Waals surface area contributed by atoms with Crippen molar-refractivity contribution in [3.8, 4) is 0 Å². The summed E-state index contributed by atoms with van der Waals surface area (Å²) < 4.78 is 5.40. The van der Waals surface area contributed by atoms with Crippen LogP contribution in [0.3, 0.4) is 0 Å². The van der Waals surface area contributed by atoms with E-state index in [9.17, 15) is 29.1 Å². The average Bonchev–Trinajstić information content (AvgIpc) is 3.26. The topological polar surface area (TPSA) is 157 Å². The third-order valence-corrected chi connectivity index (χ3v) is 7.86. The minimum Gasteiger partial charge on any atom is -0.480 e. The lowest BCUT2D eigenvalue weighted by atomic mass is 10.00. The monoisotopic (exact) mass is 607 g/mol. The van der Waals surface area contributed by atoms with E-state index in [1.165, 1.54) is 7.05 Å². The molecule has 12 heteroatoms. The summed E-state index contributed by atoms with van der Waals surface area (Å²) in [4.78, 5) is 67.9. The van der Waals surface area contributed by atoms with Crippen molar-refractivity contribution in [3.63, 3.8) is 0 Å². The first-order chi connectivity index (χ1) is 21.1. The van der Waals surface area contributed by atoms with E-state index in [1.807, 2.05) is 44.2 Å². The molecule has 12 nitrogen and oxygen atoms in total. The summed E-state index contributed by atoms with van der Waals surface area (Å²) in [6.45, 7) is 6.18. The van der Waals surface area contributed by atoms with Gasteiger partial charge in [0.2, 0.25) is 11.8 Å². The average molecular weight is 608 g/mol. The van der Waals surface area contributed by atoms with Gasteiger partial charge in [0.25, 0.3) is 11.8 Å². The number of ether oxygens (including phenoxy) is 1. The highest BCUT2D eigenvalue weighted by molar-refractivity contribution is 6.21. The normalized spacial score (nSPS) is 16.8. The van der Waals surface area contributed by atoms with Gasteiger partial charge >= 0.3 is 5.97 Å². The largest absolute Gasteiger partial charge is 0.480 e. The predicted octanol–water partition coefficient (Wildman–Crippen LogP) is 1.44. The number of fused-ring (bicyclic) bond motifs is 1. The number of morpholine rings is 1. The van der Waals surface area contributed by atoms with Crippen molar-refractivity contribution < 1.29 is 33.8 Å². The Morgan fingerprint density at radius 1 is 0.909 bits per heavy atom. The van der Waals surface area contributed by atoms with Gasteiger partial charge in [-0.3, -0.25) is 34.2 Å². The lowest BCUT2D eigenvalue weighted by molar-refractivity contribution is -0.140. The number of likely N-dealkylation sites (N-methyl/N-ethyl adjacent to an activating group) is 1. The third kappa shape index (κ3) is 8.00. The number of aliphatic carboxylic acids is 1. The van der Waals surface area contributed by atoms with Crippen molar-refractivity contribution in [2.45, 2.75) is 51.2 Å². The zero-order valence-electron chi connectivity index (χ0n) is 25.4. The molecular weight excluding hydrogens is 566 g/mol. The number of carbonyl (C=O) groups excluding carboxylic acids is 4. The van der Waals surface area contributed by atoms with Crippen LogP contribution in [0.2, 0.25) is 0 Å². The molecule has 2 aromatic rings. The quantitative estimate of drug-likeness (QED) is 0.233. The fourth-order valence-electron chi connectivity index (χ4n) is 5.51. The zero-order valence-corrected chi connectivity index (χ0v) is 25.4. The molecular formula is C32H41N5O7. The molecule has 2 aliphatic rings. The SMILES string of the molecule is CNC(=O)[C@H](Cc1ccccc1)NC(=O)[C@H](CC(C)C)NC(CCN1C(=O)c2ccc(N3CCOCC3)cc2C1=O)C(=O)O. The van der Waals surface area contributed by atoms with Crippen LogP contribution in [0.1, 0.15) is 53.0 Å². The van der Waals surface area contributed by atoms with Crippen LogP contribution in [0.25, 0.3) is 0 Å². The summed E-state index contributed by atoms with van der Waals surface area (Å²) >= 11 is 0. The summed E-state index contributed by atoms with van der Waals surface area (Å²) in [5.41, 5.74) is 2.25. The first kappa shape index (κ1) is 32.6. The minimum absolute atomic E-state index is 0.0252. The van der Waals surface area contributed by atoms with E-state index in [4.69, 9.17) is 4.74 Å². The van der Waals surface area contributed by atoms with Crippen molar-refractivity contribution in [3.05, 3.63) is 65.2 Å². The van der Waals surface area contributed by atoms with Crippen LogP contribution in [0.5, 0.6) is 0 Å². The predicted molar refractivity (Wildman–Crippen MR) is 163 cm³/mol. The Morgan fingerprint density at radius 3 is 2.23 bits per heavy atom. The molecule has 1 fully saturated rings. The van der Waals surface area contributed by atoms with E-state index in [0.717, 1.165) is 16.2 Å². The summed E-state index contributed by atoms with van der Waals surface area (Å²) in [6.07, 6.45) is 0.455. The number of imide groups is 1. The van der Waals surface area contributed by atoms with E-state index in [2.05, 4.69) is 20.9 Å². The molecule has 0 spiro atoms. The number of carboxylic acid groups (broad SMARTS) is 1. The number of nitrogens with one attached hydrogen (secondary N) is 3. The van der Waals surface area contributed by atoms with Gasteiger partial charge in [0, 0.05) is 38.8 Å². The number of hydrogen-bond acceptors (Lipinski definition) is 8. The molecule has 0 aromatic heterocycles. The molecule has 1 unspecified atom stereocenters. The molecule has 0 aliphatic carbocycles. The lowest BCUT2D eigenvalue weighted by Gasteiger charge is -2.29. The Kier molecular flexibility index (Phi) is 11.1. The number of carbonyl (C=O) groups is 5.